The van der Waals surface area contributed by atoms with Crippen molar-refractivity contribution in [2.24, 2.45) is 0 Å². The van der Waals surface area contributed by atoms with Gasteiger partial charge in [-0.2, -0.15) is 0 Å². The topological polar surface area (TPSA) is 149 Å². The number of rotatable bonds is 8. The van der Waals surface area contributed by atoms with Crippen LogP contribution < -0.4 is 5.32 Å². The molecular weight excluding hydrogens is 310 g/mol. The Hall–Kier alpha value is -0.810. The van der Waals surface area contributed by atoms with Gasteiger partial charge in [-0.15, -0.1) is 0 Å². The minimum Gasteiger partial charge on any atom is -0.394 e. The molecule has 23 heavy (non-hydrogen) atoms. The van der Waals surface area contributed by atoms with Crippen molar-refractivity contribution in [1.82, 2.24) is 5.32 Å². The van der Waals surface area contributed by atoms with Gasteiger partial charge in [0.1, 0.15) is 24.4 Å². The molecule has 1 heterocycles. The molecular formula is C14H27NO8. The monoisotopic (exact) mass is 337 g/mol. The zero-order chi connectivity index (χ0) is 17.6. The van der Waals surface area contributed by atoms with Crippen LogP contribution in [0, 0.1) is 0 Å². The van der Waals surface area contributed by atoms with Crippen molar-refractivity contribution >= 4 is 5.91 Å². The molecule has 1 saturated heterocycles. The molecule has 0 aromatic heterocycles. The van der Waals surface area contributed by atoms with Gasteiger partial charge in [-0.3, -0.25) is 4.79 Å². The molecule has 1 amide bonds. The van der Waals surface area contributed by atoms with E-state index in [4.69, 9.17) is 14.6 Å². The number of hydrogen-bond acceptors (Lipinski definition) is 8. The molecule has 9 nitrogen and oxygen atoms in total. The van der Waals surface area contributed by atoms with Crippen molar-refractivity contribution in [2.75, 3.05) is 13.2 Å². The number of ether oxygens (including phenoxy) is 2. The average Bonchev–Trinajstić information content (AvgIpc) is 2.50. The number of carbonyl (C=O) groups excluding carboxylic acids is 1. The highest BCUT2D eigenvalue weighted by molar-refractivity contribution is 5.73. The van der Waals surface area contributed by atoms with Crippen LogP contribution in [0.3, 0.4) is 0 Å². The van der Waals surface area contributed by atoms with Crippen LogP contribution in [0.5, 0.6) is 0 Å². The van der Waals surface area contributed by atoms with Crippen molar-refractivity contribution in [1.29, 1.82) is 0 Å². The number of carbonyl (C=O) groups is 1. The summed E-state index contributed by atoms with van der Waals surface area (Å²) < 4.78 is 10.5. The quantitative estimate of drug-likeness (QED) is 0.284. The maximum absolute atomic E-state index is 11.2. The summed E-state index contributed by atoms with van der Waals surface area (Å²) >= 11 is 0. The lowest BCUT2D eigenvalue weighted by Crippen LogP contribution is -2.60. The van der Waals surface area contributed by atoms with Gasteiger partial charge in [-0.05, 0) is 6.42 Å². The first-order valence-corrected chi connectivity index (χ1v) is 7.69. The van der Waals surface area contributed by atoms with Gasteiger partial charge in [-0.25, -0.2) is 0 Å². The van der Waals surface area contributed by atoms with Gasteiger partial charge in [-0.1, -0.05) is 13.3 Å². The summed E-state index contributed by atoms with van der Waals surface area (Å²) in [5.74, 6) is -0.345. The van der Waals surface area contributed by atoms with Crippen molar-refractivity contribution in [3.8, 4) is 0 Å². The van der Waals surface area contributed by atoms with Gasteiger partial charge in [0.15, 0.2) is 6.29 Å². The molecule has 6 N–H and O–H groups in total. The van der Waals surface area contributed by atoms with Crippen LogP contribution >= 0.6 is 0 Å². The molecule has 0 saturated carbocycles. The Morgan fingerprint density at radius 1 is 1.26 bits per heavy atom. The SMILES string of the molecule is CCC[C@H](O)[C@H](CO[C@@H]1OC(CO)[C@@H](O)C(O)[C@@H]1O)NC(C)=O. The highest BCUT2D eigenvalue weighted by Crippen LogP contribution is 2.22. The molecule has 1 rings (SSSR count). The van der Waals surface area contributed by atoms with Crippen LogP contribution in [0.25, 0.3) is 0 Å². The predicted octanol–water partition coefficient (Wildman–Crippen LogP) is -2.53. The molecule has 1 aliphatic rings. The first-order valence-electron chi connectivity index (χ1n) is 7.69. The van der Waals surface area contributed by atoms with E-state index < -0.39 is 49.5 Å². The Labute approximate surface area is 134 Å². The van der Waals surface area contributed by atoms with Crippen LogP contribution in [-0.4, -0.2) is 87.5 Å². The van der Waals surface area contributed by atoms with Crippen LogP contribution in [0.1, 0.15) is 26.7 Å². The molecule has 1 fully saturated rings. The molecule has 0 spiro atoms. The number of amides is 1. The fourth-order valence-corrected chi connectivity index (χ4v) is 2.41. The van der Waals surface area contributed by atoms with Gasteiger partial charge in [0.2, 0.25) is 5.91 Å². The summed E-state index contributed by atoms with van der Waals surface area (Å²) in [5, 5.41) is 50.9. The average molecular weight is 337 g/mol. The zero-order valence-electron chi connectivity index (χ0n) is 13.3. The summed E-state index contributed by atoms with van der Waals surface area (Å²) in [6.45, 7) is 2.47. The molecule has 0 bridgehead atoms. The maximum Gasteiger partial charge on any atom is 0.217 e. The van der Waals surface area contributed by atoms with Crippen LogP contribution in [0.2, 0.25) is 0 Å². The van der Waals surface area contributed by atoms with Crippen LogP contribution in [-0.2, 0) is 14.3 Å². The van der Waals surface area contributed by atoms with E-state index in [1.807, 2.05) is 6.92 Å². The van der Waals surface area contributed by atoms with E-state index in [0.717, 1.165) is 0 Å². The molecule has 0 aliphatic carbocycles. The third-order valence-corrected chi connectivity index (χ3v) is 3.73. The Bertz CT molecular complexity index is 367. The van der Waals surface area contributed by atoms with Crippen molar-refractivity contribution in [3.63, 3.8) is 0 Å². The summed E-state index contributed by atoms with van der Waals surface area (Å²) in [6, 6.07) is -0.709. The van der Waals surface area contributed by atoms with E-state index in [1.54, 1.807) is 0 Å². The van der Waals surface area contributed by atoms with E-state index in [0.29, 0.717) is 12.8 Å². The Morgan fingerprint density at radius 2 is 1.91 bits per heavy atom. The highest BCUT2D eigenvalue weighted by Gasteiger charge is 2.44. The summed E-state index contributed by atoms with van der Waals surface area (Å²) in [7, 11) is 0. The van der Waals surface area contributed by atoms with Crippen molar-refractivity contribution in [3.05, 3.63) is 0 Å². The standard InChI is InChI=1S/C14H27NO8/c1-3-4-9(18)8(15-7(2)17)6-22-14-13(21)12(20)11(19)10(5-16)23-14/h8-14,16,18-21H,3-6H2,1-2H3,(H,15,17)/t8-,9-,10?,11+,12?,13-,14+/m0/s1. The summed E-state index contributed by atoms with van der Waals surface area (Å²) in [4.78, 5) is 11.2. The smallest absolute Gasteiger partial charge is 0.217 e. The molecule has 0 aromatic rings. The normalized spacial score (nSPS) is 34.0. The molecule has 9 heteroatoms. The van der Waals surface area contributed by atoms with Crippen LogP contribution in [0.15, 0.2) is 0 Å². The molecule has 0 radical (unpaired) electrons. The zero-order valence-corrected chi connectivity index (χ0v) is 13.3. The minimum absolute atomic E-state index is 0.163. The number of hydrogen-bond donors (Lipinski definition) is 6. The summed E-state index contributed by atoms with van der Waals surface area (Å²) in [6.07, 6.45) is -6.57. The fourth-order valence-electron chi connectivity index (χ4n) is 2.41. The van der Waals surface area contributed by atoms with Gasteiger partial charge in [0, 0.05) is 6.92 Å². The Kier molecular flexibility index (Phi) is 8.34. The highest BCUT2D eigenvalue weighted by atomic mass is 16.7. The molecule has 2 unspecified atom stereocenters. The van der Waals surface area contributed by atoms with E-state index >= 15 is 0 Å². The first-order chi connectivity index (χ1) is 10.8. The maximum atomic E-state index is 11.2. The Morgan fingerprint density at radius 3 is 2.43 bits per heavy atom. The number of nitrogens with one attached hydrogen (secondary N) is 1. The summed E-state index contributed by atoms with van der Waals surface area (Å²) in [5.41, 5.74) is 0. The van der Waals surface area contributed by atoms with E-state index in [2.05, 4.69) is 5.32 Å². The van der Waals surface area contributed by atoms with Gasteiger partial charge in [0.25, 0.3) is 0 Å². The third kappa shape index (κ3) is 5.64. The molecule has 136 valence electrons. The Balaban J connectivity index is 2.65. The van der Waals surface area contributed by atoms with Crippen LogP contribution in [0.4, 0.5) is 0 Å². The molecule has 0 aromatic carbocycles. The molecule has 7 atom stereocenters. The largest absolute Gasteiger partial charge is 0.394 e. The fraction of sp³-hybridized carbons (Fsp3) is 0.929. The first kappa shape index (κ1) is 20.2. The van der Waals surface area contributed by atoms with E-state index in [9.17, 15) is 25.2 Å². The van der Waals surface area contributed by atoms with E-state index in [1.165, 1.54) is 6.92 Å². The van der Waals surface area contributed by atoms with Crippen molar-refractivity contribution < 1.29 is 39.8 Å². The second kappa shape index (κ2) is 9.48. The van der Waals surface area contributed by atoms with Crippen molar-refractivity contribution in [2.45, 2.75) is 69.5 Å². The second-order valence-electron chi connectivity index (χ2n) is 5.69. The lowest BCUT2D eigenvalue weighted by atomic mass is 9.99. The third-order valence-electron chi connectivity index (χ3n) is 3.73. The number of aliphatic hydroxyl groups is 5. The second-order valence-corrected chi connectivity index (χ2v) is 5.69. The van der Waals surface area contributed by atoms with E-state index in [-0.39, 0.29) is 12.5 Å². The number of aliphatic hydroxyl groups excluding tert-OH is 5. The van der Waals surface area contributed by atoms with Gasteiger partial charge >= 0.3 is 0 Å². The lowest BCUT2D eigenvalue weighted by Gasteiger charge is -2.40. The molecule has 1 aliphatic heterocycles. The minimum atomic E-state index is -1.54. The predicted molar refractivity (Wildman–Crippen MR) is 78.2 cm³/mol. The van der Waals surface area contributed by atoms with Gasteiger partial charge in [0.05, 0.1) is 25.4 Å². The van der Waals surface area contributed by atoms with Gasteiger partial charge < -0.3 is 40.3 Å². The lowest BCUT2D eigenvalue weighted by molar-refractivity contribution is -0.302.